The average Bonchev–Trinajstić information content (AvgIpc) is 2.51. The third kappa shape index (κ3) is 4.78. The molecule has 0 bridgehead atoms. The van der Waals surface area contributed by atoms with E-state index in [0.717, 1.165) is 6.54 Å². The highest BCUT2D eigenvalue weighted by molar-refractivity contribution is 5.07. The van der Waals surface area contributed by atoms with Gasteiger partial charge in [-0.25, -0.2) is 0 Å². The van der Waals surface area contributed by atoms with Crippen LogP contribution in [-0.2, 0) is 11.3 Å². The quantitative estimate of drug-likeness (QED) is 0.918. The van der Waals surface area contributed by atoms with Crippen molar-refractivity contribution < 1.29 is 4.74 Å². The van der Waals surface area contributed by atoms with Gasteiger partial charge in [0.1, 0.15) is 0 Å². The second-order valence-corrected chi connectivity index (χ2v) is 8.89. The molecule has 2 aliphatic rings. The van der Waals surface area contributed by atoms with Crippen molar-refractivity contribution in [2.24, 2.45) is 0 Å². The number of likely N-dealkylation sites (tertiary alicyclic amines) is 1. The molecule has 0 radical (unpaired) electrons. The van der Waals surface area contributed by atoms with Crippen LogP contribution in [0.25, 0.3) is 0 Å². The van der Waals surface area contributed by atoms with Gasteiger partial charge in [0.15, 0.2) is 0 Å². The Labute approximate surface area is 147 Å². The fourth-order valence-electron chi connectivity index (χ4n) is 4.66. The zero-order chi connectivity index (χ0) is 17.2. The van der Waals surface area contributed by atoms with Gasteiger partial charge in [0.25, 0.3) is 0 Å². The third-order valence-electron chi connectivity index (χ3n) is 5.30. The van der Waals surface area contributed by atoms with Gasteiger partial charge in [0.2, 0.25) is 0 Å². The summed E-state index contributed by atoms with van der Waals surface area (Å²) >= 11 is 0. The van der Waals surface area contributed by atoms with Crippen molar-refractivity contribution in [1.29, 1.82) is 0 Å². The van der Waals surface area contributed by atoms with Gasteiger partial charge in [-0.3, -0.25) is 9.88 Å². The van der Waals surface area contributed by atoms with Crippen LogP contribution >= 0.6 is 0 Å². The number of pyridine rings is 1. The monoisotopic (exact) mass is 331 g/mol. The van der Waals surface area contributed by atoms with Crippen LogP contribution in [0.4, 0.5) is 0 Å². The van der Waals surface area contributed by atoms with E-state index in [9.17, 15) is 0 Å². The predicted octanol–water partition coefficient (Wildman–Crippen LogP) is 3.37. The van der Waals surface area contributed by atoms with Crippen molar-refractivity contribution >= 4 is 0 Å². The van der Waals surface area contributed by atoms with Gasteiger partial charge < -0.3 is 10.1 Å². The Balaban J connectivity index is 1.57. The first-order valence-electron chi connectivity index (χ1n) is 9.37. The Kier molecular flexibility index (Phi) is 5.28. The van der Waals surface area contributed by atoms with Crippen molar-refractivity contribution in [3.63, 3.8) is 0 Å². The molecule has 0 aliphatic carbocycles. The standard InChI is InChI=1S/C20H33N3O/c1-19(2)11-17(12-20(3,4)22-19)23-10-6-8-18(14-23)24-15-16-7-5-9-21-13-16/h5,7,9,13,17-18,22H,6,8,10-12,14-15H2,1-4H3. The lowest BCUT2D eigenvalue weighted by molar-refractivity contribution is -0.0373. The van der Waals surface area contributed by atoms with Gasteiger partial charge in [-0.1, -0.05) is 6.07 Å². The predicted molar refractivity (Wildman–Crippen MR) is 97.9 cm³/mol. The van der Waals surface area contributed by atoms with Gasteiger partial charge in [0.05, 0.1) is 12.7 Å². The molecule has 4 heteroatoms. The Bertz CT molecular complexity index is 513. The molecular weight excluding hydrogens is 298 g/mol. The second kappa shape index (κ2) is 7.11. The van der Waals surface area contributed by atoms with Gasteiger partial charge in [0, 0.05) is 36.1 Å². The molecule has 2 saturated heterocycles. The fourth-order valence-corrected chi connectivity index (χ4v) is 4.66. The summed E-state index contributed by atoms with van der Waals surface area (Å²) in [6.45, 7) is 12.3. The first kappa shape index (κ1) is 17.8. The summed E-state index contributed by atoms with van der Waals surface area (Å²) in [5, 5.41) is 3.79. The number of ether oxygens (including phenoxy) is 1. The molecule has 134 valence electrons. The molecule has 1 aromatic rings. The van der Waals surface area contributed by atoms with Crippen molar-refractivity contribution in [1.82, 2.24) is 15.2 Å². The lowest BCUT2D eigenvalue weighted by Crippen LogP contribution is -2.63. The molecule has 1 aromatic heterocycles. The van der Waals surface area contributed by atoms with Crippen LogP contribution in [0.5, 0.6) is 0 Å². The summed E-state index contributed by atoms with van der Waals surface area (Å²) in [4.78, 5) is 6.85. The van der Waals surface area contributed by atoms with Crippen molar-refractivity contribution in [3.8, 4) is 0 Å². The molecule has 1 atom stereocenters. The summed E-state index contributed by atoms with van der Waals surface area (Å²) in [6, 6.07) is 4.72. The third-order valence-corrected chi connectivity index (χ3v) is 5.30. The highest BCUT2D eigenvalue weighted by atomic mass is 16.5. The summed E-state index contributed by atoms with van der Waals surface area (Å²) in [5.41, 5.74) is 1.57. The number of piperidine rings is 2. The summed E-state index contributed by atoms with van der Waals surface area (Å²) in [6.07, 6.45) is 8.90. The van der Waals surface area contributed by atoms with E-state index in [0.29, 0.717) is 18.8 Å². The Hall–Kier alpha value is -0.970. The molecule has 1 unspecified atom stereocenters. The zero-order valence-corrected chi connectivity index (χ0v) is 15.7. The molecule has 1 N–H and O–H groups in total. The van der Waals surface area contributed by atoms with Crippen LogP contribution in [0.3, 0.4) is 0 Å². The molecular formula is C20H33N3O. The Morgan fingerprint density at radius 3 is 2.67 bits per heavy atom. The molecule has 24 heavy (non-hydrogen) atoms. The van der Waals surface area contributed by atoms with Gasteiger partial charge in [-0.2, -0.15) is 0 Å². The van der Waals surface area contributed by atoms with E-state index in [1.807, 2.05) is 18.5 Å². The number of aromatic nitrogens is 1. The van der Waals surface area contributed by atoms with E-state index >= 15 is 0 Å². The van der Waals surface area contributed by atoms with Gasteiger partial charge >= 0.3 is 0 Å². The van der Waals surface area contributed by atoms with E-state index in [-0.39, 0.29) is 11.1 Å². The maximum atomic E-state index is 6.20. The lowest BCUT2D eigenvalue weighted by atomic mass is 9.78. The number of nitrogens with one attached hydrogen (secondary N) is 1. The largest absolute Gasteiger partial charge is 0.372 e. The SMILES string of the molecule is CC1(C)CC(N2CCCC(OCc3cccnc3)C2)CC(C)(C)N1. The molecule has 0 aromatic carbocycles. The Morgan fingerprint density at radius 2 is 2.00 bits per heavy atom. The molecule has 0 spiro atoms. The highest BCUT2D eigenvalue weighted by Crippen LogP contribution is 2.33. The molecule has 3 heterocycles. The van der Waals surface area contributed by atoms with Gasteiger partial charge in [-0.05, 0) is 71.6 Å². The summed E-state index contributed by atoms with van der Waals surface area (Å²) in [7, 11) is 0. The first-order chi connectivity index (χ1) is 11.3. The van der Waals surface area contributed by atoms with Crippen LogP contribution in [0.1, 0.15) is 58.9 Å². The molecule has 0 saturated carbocycles. The normalized spacial score (nSPS) is 27.9. The molecule has 2 aliphatic heterocycles. The minimum atomic E-state index is 0.204. The second-order valence-electron chi connectivity index (χ2n) is 8.89. The van der Waals surface area contributed by atoms with Crippen molar-refractivity contribution in [2.45, 2.75) is 83.2 Å². The first-order valence-corrected chi connectivity index (χ1v) is 9.37. The van der Waals surface area contributed by atoms with Crippen molar-refractivity contribution in [2.75, 3.05) is 13.1 Å². The highest BCUT2D eigenvalue weighted by Gasteiger charge is 2.40. The topological polar surface area (TPSA) is 37.4 Å². The van der Waals surface area contributed by atoms with E-state index in [4.69, 9.17) is 4.74 Å². The Morgan fingerprint density at radius 1 is 1.25 bits per heavy atom. The number of nitrogens with zero attached hydrogens (tertiary/aromatic N) is 2. The van der Waals surface area contributed by atoms with Crippen LogP contribution in [-0.4, -0.2) is 46.2 Å². The lowest BCUT2D eigenvalue weighted by Gasteiger charge is -2.51. The minimum absolute atomic E-state index is 0.204. The van der Waals surface area contributed by atoms with Gasteiger partial charge in [-0.15, -0.1) is 0 Å². The number of hydrogen-bond acceptors (Lipinski definition) is 4. The van der Waals surface area contributed by atoms with E-state index in [2.05, 4.69) is 49.0 Å². The van der Waals surface area contributed by atoms with Crippen LogP contribution in [0.2, 0.25) is 0 Å². The van der Waals surface area contributed by atoms with Crippen LogP contribution < -0.4 is 5.32 Å². The fraction of sp³-hybridized carbons (Fsp3) is 0.750. The maximum Gasteiger partial charge on any atom is 0.0736 e. The number of rotatable bonds is 4. The minimum Gasteiger partial charge on any atom is -0.372 e. The van der Waals surface area contributed by atoms with E-state index in [1.54, 1.807) is 0 Å². The smallest absolute Gasteiger partial charge is 0.0736 e. The molecule has 4 nitrogen and oxygen atoms in total. The average molecular weight is 332 g/mol. The summed E-state index contributed by atoms with van der Waals surface area (Å²) < 4.78 is 6.20. The van der Waals surface area contributed by atoms with E-state index in [1.165, 1.54) is 37.8 Å². The van der Waals surface area contributed by atoms with Crippen molar-refractivity contribution in [3.05, 3.63) is 30.1 Å². The molecule has 0 amide bonds. The van der Waals surface area contributed by atoms with Crippen LogP contribution in [0.15, 0.2) is 24.5 Å². The summed E-state index contributed by atoms with van der Waals surface area (Å²) in [5.74, 6) is 0. The van der Waals surface area contributed by atoms with Crippen LogP contribution in [0, 0.1) is 0 Å². The zero-order valence-electron chi connectivity index (χ0n) is 15.7. The molecule has 3 rings (SSSR count). The molecule has 2 fully saturated rings. The number of hydrogen-bond donors (Lipinski definition) is 1. The van der Waals surface area contributed by atoms with E-state index < -0.39 is 0 Å². The maximum absolute atomic E-state index is 6.20.